The zero-order valence-electron chi connectivity index (χ0n) is 15.1. The van der Waals surface area contributed by atoms with E-state index >= 15 is 0 Å². The first-order chi connectivity index (χ1) is 12.2. The highest BCUT2D eigenvalue weighted by Gasteiger charge is 2.05. The number of rotatable bonds is 9. The lowest BCUT2D eigenvalue weighted by Crippen LogP contribution is -2.28. The molecular formula is C20H26N2O3. The molecule has 25 heavy (non-hydrogen) atoms. The molecule has 0 aliphatic rings. The van der Waals surface area contributed by atoms with Gasteiger partial charge >= 0.3 is 0 Å². The van der Waals surface area contributed by atoms with E-state index in [1.54, 1.807) is 31.4 Å². The average molecular weight is 342 g/mol. The summed E-state index contributed by atoms with van der Waals surface area (Å²) >= 11 is 0. The van der Waals surface area contributed by atoms with Crippen molar-refractivity contribution < 1.29 is 14.3 Å². The predicted octanol–water partition coefficient (Wildman–Crippen LogP) is 3.24. The first-order valence-corrected chi connectivity index (χ1v) is 8.53. The third-order valence-corrected chi connectivity index (χ3v) is 3.98. The monoisotopic (exact) mass is 342 g/mol. The molecule has 2 rings (SSSR count). The van der Waals surface area contributed by atoms with E-state index in [1.165, 1.54) is 5.69 Å². The number of nitrogens with zero attached hydrogens (tertiary/aromatic N) is 1. The number of benzene rings is 2. The van der Waals surface area contributed by atoms with Gasteiger partial charge in [-0.2, -0.15) is 0 Å². The maximum absolute atomic E-state index is 11.9. The number of anilines is 1. The van der Waals surface area contributed by atoms with Crippen LogP contribution in [0, 0.1) is 0 Å². The smallest absolute Gasteiger partial charge is 0.258 e. The highest BCUT2D eigenvalue weighted by atomic mass is 16.5. The summed E-state index contributed by atoms with van der Waals surface area (Å²) in [5, 5.41) is 2.87. The van der Waals surface area contributed by atoms with Gasteiger partial charge in [0.25, 0.3) is 5.91 Å². The summed E-state index contributed by atoms with van der Waals surface area (Å²) in [7, 11) is 1.61. The van der Waals surface area contributed by atoms with E-state index in [1.807, 2.05) is 12.1 Å². The van der Waals surface area contributed by atoms with Crippen molar-refractivity contribution in [3.63, 3.8) is 0 Å². The zero-order chi connectivity index (χ0) is 18.1. The Kier molecular flexibility index (Phi) is 7.14. The molecule has 134 valence electrons. The van der Waals surface area contributed by atoms with Crippen molar-refractivity contribution in [2.75, 3.05) is 31.7 Å². The third kappa shape index (κ3) is 5.71. The van der Waals surface area contributed by atoms with Crippen LogP contribution in [0.5, 0.6) is 11.5 Å². The summed E-state index contributed by atoms with van der Waals surface area (Å²) in [6.45, 7) is 6.72. The van der Waals surface area contributed by atoms with Gasteiger partial charge in [-0.05, 0) is 55.8 Å². The normalized spacial score (nSPS) is 10.2. The van der Waals surface area contributed by atoms with E-state index in [2.05, 4.69) is 36.2 Å². The molecule has 0 radical (unpaired) electrons. The van der Waals surface area contributed by atoms with Gasteiger partial charge in [-0.1, -0.05) is 12.1 Å². The highest BCUT2D eigenvalue weighted by molar-refractivity contribution is 5.77. The van der Waals surface area contributed by atoms with Crippen molar-refractivity contribution in [1.29, 1.82) is 0 Å². The SMILES string of the molecule is CCN(CC)c1ccc(CNC(=O)COc2ccc(OC)cc2)cc1. The summed E-state index contributed by atoms with van der Waals surface area (Å²) in [4.78, 5) is 14.2. The third-order valence-electron chi connectivity index (χ3n) is 3.98. The number of hydrogen-bond acceptors (Lipinski definition) is 4. The molecule has 1 amide bonds. The van der Waals surface area contributed by atoms with Crippen LogP contribution < -0.4 is 19.7 Å². The fourth-order valence-corrected chi connectivity index (χ4v) is 2.49. The molecule has 0 heterocycles. The Morgan fingerprint density at radius 1 is 0.960 bits per heavy atom. The second-order valence-electron chi connectivity index (χ2n) is 5.58. The van der Waals surface area contributed by atoms with Crippen LogP contribution in [0.1, 0.15) is 19.4 Å². The van der Waals surface area contributed by atoms with Crippen LogP contribution in [0.3, 0.4) is 0 Å². The predicted molar refractivity (Wildman–Crippen MR) is 100 cm³/mol. The quantitative estimate of drug-likeness (QED) is 0.760. The minimum Gasteiger partial charge on any atom is -0.497 e. The van der Waals surface area contributed by atoms with Crippen molar-refractivity contribution in [2.45, 2.75) is 20.4 Å². The van der Waals surface area contributed by atoms with E-state index in [4.69, 9.17) is 9.47 Å². The van der Waals surface area contributed by atoms with Crippen molar-refractivity contribution in [3.05, 3.63) is 54.1 Å². The molecule has 0 aromatic heterocycles. The molecule has 0 fully saturated rings. The molecule has 0 bridgehead atoms. The minimum atomic E-state index is -0.149. The van der Waals surface area contributed by atoms with Crippen LogP contribution in [-0.2, 0) is 11.3 Å². The number of carbonyl (C=O) groups excluding carboxylic acids is 1. The fourth-order valence-electron chi connectivity index (χ4n) is 2.49. The van der Waals surface area contributed by atoms with Gasteiger partial charge in [0.1, 0.15) is 11.5 Å². The summed E-state index contributed by atoms with van der Waals surface area (Å²) in [5.74, 6) is 1.24. The Morgan fingerprint density at radius 2 is 1.56 bits per heavy atom. The maximum Gasteiger partial charge on any atom is 0.258 e. The lowest BCUT2D eigenvalue weighted by Gasteiger charge is -2.21. The summed E-state index contributed by atoms with van der Waals surface area (Å²) < 4.78 is 10.5. The van der Waals surface area contributed by atoms with Gasteiger partial charge in [-0.3, -0.25) is 4.79 Å². The Balaban J connectivity index is 1.77. The highest BCUT2D eigenvalue weighted by Crippen LogP contribution is 2.17. The molecule has 0 saturated heterocycles. The standard InChI is InChI=1S/C20H26N2O3/c1-4-22(5-2)17-8-6-16(7-9-17)14-21-20(23)15-25-19-12-10-18(24-3)11-13-19/h6-13H,4-5,14-15H2,1-3H3,(H,21,23). The molecule has 0 atom stereocenters. The number of methoxy groups -OCH3 is 1. The van der Waals surface area contributed by atoms with Crippen molar-refractivity contribution in [1.82, 2.24) is 5.32 Å². The van der Waals surface area contributed by atoms with Gasteiger partial charge in [-0.15, -0.1) is 0 Å². The molecule has 0 saturated carbocycles. The van der Waals surface area contributed by atoms with Crippen molar-refractivity contribution in [3.8, 4) is 11.5 Å². The van der Waals surface area contributed by atoms with E-state index < -0.39 is 0 Å². The Hall–Kier alpha value is -2.69. The van der Waals surface area contributed by atoms with Crippen LogP contribution in [0.15, 0.2) is 48.5 Å². The Morgan fingerprint density at radius 3 is 2.12 bits per heavy atom. The second kappa shape index (κ2) is 9.57. The Bertz CT molecular complexity index is 650. The zero-order valence-corrected chi connectivity index (χ0v) is 15.1. The molecule has 2 aromatic carbocycles. The Labute approximate surface area is 149 Å². The summed E-state index contributed by atoms with van der Waals surface area (Å²) in [6, 6.07) is 15.4. The van der Waals surface area contributed by atoms with Crippen LogP contribution in [0.4, 0.5) is 5.69 Å². The minimum absolute atomic E-state index is 0.0101. The molecule has 1 N–H and O–H groups in total. The van der Waals surface area contributed by atoms with Gasteiger partial charge in [0.05, 0.1) is 7.11 Å². The van der Waals surface area contributed by atoms with E-state index in [0.717, 1.165) is 24.4 Å². The van der Waals surface area contributed by atoms with Crippen molar-refractivity contribution in [2.24, 2.45) is 0 Å². The molecule has 0 unspecified atom stereocenters. The van der Waals surface area contributed by atoms with Crippen LogP contribution in [0.2, 0.25) is 0 Å². The van der Waals surface area contributed by atoms with Gasteiger partial charge in [0, 0.05) is 25.3 Å². The number of hydrogen-bond donors (Lipinski definition) is 1. The number of amides is 1. The summed E-state index contributed by atoms with van der Waals surface area (Å²) in [6.07, 6.45) is 0. The maximum atomic E-state index is 11.9. The fraction of sp³-hybridized carbons (Fsp3) is 0.350. The van der Waals surface area contributed by atoms with Gasteiger partial charge in [0.15, 0.2) is 6.61 Å². The van der Waals surface area contributed by atoms with Crippen molar-refractivity contribution >= 4 is 11.6 Å². The van der Waals surface area contributed by atoms with Crippen LogP contribution in [-0.4, -0.2) is 32.7 Å². The number of nitrogens with one attached hydrogen (secondary N) is 1. The van der Waals surface area contributed by atoms with Crippen LogP contribution in [0.25, 0.3) is 0 Å². The lowest BCUT2D eigenvalue weighted by molar-refractivity contribution is -0.123. The van der Waals surface area contributed by atoms with Gasteiger partial charge < -0.3 is 19.7 Å². The largest absolute Gasteiger partial charge is 0.497 e. The first kappa shape index (κ1) is 18.6. The van der Waals surface area contributed by atoms with Gasteiger partial charge in [-0.25, -0.2) is 0 Å². The molecule has 0 aliphatic carbocycles. The molecule has 0 spiro atoms. The molecule has 2 aromatic rings. The van der Waals surface area contributed by atoms with E-state index in [9.17, 15) is 4.79 Å². The number of ether oxygens (including phenoxy) is 2. The molecule has 5 heteroatoms. The lowest BCUT2D eigenvalue weighted by atomic mass is 10.2. The topological polar surface area (TPSA) is 50.8 Å². The van der Waals surface area contributed by atoms with E-state index in [0.29, 0.717) is 12.3 Å². The molecule has 0 aliphatic heterocycles. The average Bonchev–Trinajstić information content (AvgIpc) is 2.67. The first-order valence-electron chi connectivity index (χ1n) is 8.53. The molecule has 5 nitrogen and oxygen atoms in total. The number of carbonyl (C=O) groups is 1. The van der Waals surface area contributed by atoms with E-state index in [-0.39, 0.29) is 12.5 Å². The summed E-state index contributed by atoms with van der Waals surface area (Å²) in [5.41, 5.74) is 2.26. The van der Waals surface area contributed by atoms with Gasteiger partial charge in [0.2, 0.25) is 0 Å². The van der Waals surface area contributed by atoms with Crippen LogP contribution >= 0.6 is 0 Å². The molecular weight excluding hydrogens is 316 g/mol. The second-order valence-corrected chi connectivity index (χ2v) is 5.58.